The summed E-state index contributed by atoms with van der Waals surface area (Å²) in [5.74, 6) is -0.453. The quantitative estimate of drug-likeness (QED) is 0.624. The number of amides is 1. The summed E-state index contributed by atoms with van der Waals surface area (Å²) in [5.41, 5.74) is 3.15. The van der Waals surface area contributed by atoms with Crippen LogP contribution in [0.15, 0.2) is 73.1 Å². The molecule has 0 saturated carbocycles. The lowest BCUT2D eigenvalue weighted by atomic mass is 10.1. The van der Waals surface area contributed by atoms with Crippen molar-refractivity contribution in [2.75, 3.05) is 11.9 Å². The number of nitrogens with one attached hydrogen (secondary N) is 2. The number of benzene rings is 2. The zero-order chi connectivity index (χ0) is 18.2. The smallest absolute Gasteiger partial charge is 0.252 e. The van der Waals surface area contributed by atoms with E-state index >= 15 is 0 Å². The predicted molar refractivity (Wildman–Crippen MR) is 101 cm³/mol. The number of halogens is 1. The molecule has 0 fully saturated rings. The molecule has 132 valence electrons. The van der Waals surface area contributed by atoms with Gasteiger partial charge in [-0.3, -0.25) is 9.78 Å². The highest BCUT2D eigenvalue weighted by atomic mass is 19.1. The standard InChI is InChI=1S/C21H20FN3O/c22-18-8-10-19(11-9-18)25-20-13-17(14-23-15-20)21(26)24-12-4-7-16-5-2-1-3-6-16/h1-3,5-6,8-11,13-15,25H,4,7,12H2,(H,24,26). The predicted octanol–water partition coefficient (Wildman–Crippen LogP) is 4.33. The average molecular weight is 349 g/mol. The number of carbonyl (C=O) groups excluding carboxylic acids is 1. The largest absolute Gasteiger partial charge is 0.354 e. The number of nitrogens with zero attached hydrogens (tertiary/aromatic N) is 1. The van der Waals surface area contributed by atoms with Crippen molar-refractivity contribution in [3.05, 3.63) is 90.0 Å². The lowest BCUT2D eigenvalue weighted by Crippen LogP contribution is -2.25. The van der Waals surface area contributed by atoms with E-state index in [1.54, 1.807) is 24.4 Å². The summed E-state index contributed by atoms with van der Waals surface area (Å²) in [6.07, 6.45) is 4.94. The first-order valence-electron chi connectivity index (χ1n) is 8.50. The van der Waals surface area contributed by atoms with Crippen LogP contribution < -0.4 is 10.6 Å². The number of hydrogen-bond donors (Lipinski definition) is 2. The van der Waals surface area contributed by atoms with Crippen molar-refractivity contribution < 1.29 is 9.18 Å². The number of rotatable bonds is 7. The fourth-order valence-electron chi connectivity index (χ4n) is 2.57. The first-order valence-corrected chi connectivity index (χ1v) is 8.50. The van der Waals surface area contributed by atoms with Crippen LogP contribution in [0.25, 0.3) is 0 Å². The maximum Gasteiger partial charge on any atom is 0.252 e. The second-order valence-electron chi connectivity index (χ2n) is 5.94. The van der Waals surface area contributed by atoms with Crippen molar-refractivity contribution in [3.63, 3.8) is 0 Å². The Morgan fingerprint density at radius 2 is 1.73 bits per heavy atom. The van der Waals surface area contributed by atoms with E-state index in [-0.39, 0.29) is 11.7 Å². The Kier molecular flexibility index (Phi) is 5.93. The number of anilines is 2. The van der Waals surface area contributed by atoms with Crippen LogP contribution in [0.3, 0.4) is 0 Å². The van der Waals surface area contributed by atoms with Gasteiger partial charge >= 0.3 is 0 Å². The van der Waals surface area contributed by atoms with E-state index < -0.39 is 0 Å². The van der Waals surface area contributed by atoms with Gasteiger partial charge in [-0.25, -0.2) is 4.39 Å². The van der Waals surface area contributed by atoms with E-state index in [1.165, 1.54) is 23.9 Å². The summed E-state index contributed by atoms with van der Waals surface area (Å²) in [7, 11) is 0. The summed E-state index contributed by atoms with van der Waals surface area (Å²) in [5, 5.41) is 6.02. The molecule has 0 saturated heterocycles. The van der Waals surface area contributed by atoms with Gasteiger partial charge in [-0.15, -0.1) is 0 Å². The Bertz CT molecular complexity index is 851. The van der Waals surface area contributed by atoms with Crippen LogP contribution in [-0.4, -0.2) is 17.4 Å². The molecule has 0 aliphatic heterocycles. The third kappa shape index (κ3) is 5.14. The van der Waals surface area contributed by atoms with Crippen LogP contribution >= 0.6 is 0 Å². The van der Waals surface area contributed by atoms with Gasteiger partial charge in [-0.1, -0.05) is 30.3 Å². The van der Waals surface area contributed by atoms with Crippen LogP contribution in [0, 0.1) is 5.82 Å². The lowest BCUT2D eigenvalue weighted by Gasteiger charge is -2.09. The van der Waals surface area contributed by atoms with E-state index in [0.717, 1.165) is 18.5 Å². The molecular formula is C21H20FN3O. The van der Waals surface area contributed by atoms with Crippen LogP contribution in [0.1, 0.15) is 22.3 Å². The number of aryl methyl sites for hydroxylation is 1. The first kappa shape index (κ1) is 17.6. The number of pyridine rings is 1. The fourth-order valence-corrected chi connectivity index (χ4v) is 2.57. The molecule has 2 N–H and O–H groups in total. The fraction of sp³-hybridized carbons (Fsp3) is 0.143. The molecule has 0 radical (unpaired) electrons. The summed E-state index contributed by atoms with van der Waals surface area (Å²) in [6.45, 7) is 0.601. The highest BCUT2D eigenvalue weighted by molar-refractivity contribution is 5.94. The summed E-state index contributed by atoms with van der Waals surface area (Å²) >= 11 is 0. The van der Waals surface area contributed by atoms with Crippen molar-refractivity contribution >= 4 is 17.3 Å². The number of carbonyl (C=O) groups is 1. The van der Waals surface area contributed by atoms with Crippen molar-refractivity contribution in [3.8, 4) is 0 Å². The van der Waals surface area contributed by atoms with Gasteiger partial charge in [-0.2, -0.15) is 0 Å². The third-order valence-corrected chi connectivity index (χ3v) is 3.90. The van der Waals surface area contributed by atoms with E-state index in [9.17, 15) is 9.18 Å². The van der Waals surface area contributed by atoms with E-state index in [0.29, 0.717) is 17.8 Å². The topological polar surface area (TPSA) is 54.0 Å². The molecule has 1 amide bonds. The molecule has 0 spiro atoms. The molecule has 1 aromatic heterocycles. The molecule has 26 heavy (non-hydrogen) atoms. The van der Waals surface area contributed by atoms with E-state index in [1.807, 2.05) is 18.2 Å². The number of hydrogen-bond acceptors (Lipinski definition) is 3. The molecule has 5 heteroatoms. The zero-order valence-electron chi connectivity index (χ0n) is 14.3. The molecular weight excluding hydrogens is 329 g/mol. The van der Waals surface area contributed by atoms with Gasteiger partial charge < -0.3 is 10.6 Å². The Morgan fingerprint density at radius 1 is 0.962 bits per heavy atom. The SMILES string of the molecule is O=C(NCCCc1ccccc1)c1cncc(Nc2ccc(F)cc2)c1. The van der Waals surface area contributed by atoms with Crippen molar-refractivity contribution in [1.29, 1.82) is 0 Å². The van der Waals surface area contributed by atoms with Gasteiger partial charge in [0.2, 0.25) is 0 Å². The van der Waals surface area contributed by atoms with Crippen molar-refractivity contribution in [2.24, 2.45) is 0 Å². The average Bonchev–Trinajstić information content (AvgIpc) is 2.68. The molecule has 0 unspecified atom stereocenters. The molecule has 3 aromatic rings. The first-order chi connectivity index (χ1) is 12.7. The maximum absolute atomic E-state index is 13.0. The molecule has 4 nitrogen and oxygen atoms in total. The van der Waals surface area contributed by atoms with Gasteiger partial charge in [0.25, 0.3) is 5.91 Å². The highest BCUT2D eigenvalue weighted by Crippen LogP contribution is 2.17. The molecule has 0 aliphatic carbocycles. The minimum Gasteiger partial charge on any atom is -0.354 e. The minimum atomic E-state index is -0.294. The molecule has 0 atom stereocenters. The van der Waals surface area contributed by atoms with Crippen LogP contribution in [0.2, 0.25) is 0 Å². The normalized spacial score (nSPS) is 10.3. The highest BCUT2D eigenvalue weighted by Gasteiger charge is 2.07. The Labute approximate surface area is 152 Å². The van der Waals surface area contributed by atoms with E-state index in [2.05, 4.69) is 27.8 Å². The van der Waals surface area contributed by atoms with Crippen molar-refractivity contribution in [1.82, 2.24) is 10.3 Å². The monoisotopic (exact) mass is 349 g/mol. The molecule has 1 heterocycles. The summed E-state index contributed by atoms with van der Waals surface area (Å²) in [6, 6.07) is 17.9. The zero-order valence-corrected chi connectivity index (χ0v) is 14.3. The second kappa shape index (κ2) is 8.76. The van der Waals surface area contributed by atoms with E-state index in [4.69, 9.17) is 0 Å². The minimum absolute atomic E-state index is 0.159. The van der Waals surface area contributed by atoms with Crippen LogP contribution in [-0.2, 0) is 6.42 Å². The molecule has 0 bridgehead atoms. The number of aromatic nitrogens is 1. The molecule has 0 aliphatic rings. The van der Waals surface area contributed by atoms with Crippen LogP contribution in [0.5, 0.6) is 0 Å². The van der Waals surface area contributed by atoms with Crippen LogP contribution in [0.4, 0.5) is 15.8 Å². The second-order valence-corrected chi connectivity index (χ2v) is 5.94. The van der Waals surface area contributed by atoms with Gasteiger partial charge in [0.15, 0.2) is 0 Å². The van der Waals surface area contributed by atoms with Gasteiger partial charge in [0, 0.05) is 18.4 Å². The Morgan fingerprint density at radius 3 is 2.50 bits per heavy atom. The van der Waals surface area contributed by atoms with Crippen molar-refractivity contribution in [2.45, 2.75) is 12.8 Å². The molecule has 3 rings (SSSR count). The summed E-state index contributed by atoms with van der Waals surface area (Å²) in [4.78, 5) is 16.4. The summed E-state index contributed by atoms with van der Waals surface area (Å²) < 4.78 is 13.0. The Balaban J connectivity index is 1.52. The maximum atomic E-state index is 13.0. The van der Waals surface area contributed by atoms with Gasteiger partial charge in [-0.05, 0) is 48.7 Å². The van der Waals surface area contributed by atoms with Gasteiger partial charge in [0.05, 0.1) is 17.4 Å². The Hall–Kier alpha value is -3.21. The third-order valence-electron chi connectivity index (χ3n) is 3.90. The lowest BCUT2D eigenvalue weighted by molar-refractivity contribution is 0.0953. The molecule has 2 aromatic carbocycles. The van der Waals surface area contributed by atoms with Gasteiger partial charge in [0.1, 0.15) is 5.82 Å².